The number of carbonyl (C=O) groups excluding carboxylic acids is 1. The lowest BCUT2D eigenvalue weighted by atomic mass is 10.3. The van der Waals surface area contributed by atoms with E-state index in [1.54, 1.807) is 0 Å². The third-order valence-corrected chi connectivity index (χ3v) is 5.72. The quantitative estimate of drug-likeness (QED) is 0.156. The van der Waals surface area contributed by atoms with Crippen molar-refractivity contribution in [3.05, 3.63) is 27.6 Å². The summed E-state index contributed by atoms with van der Waals surface area (Å²) in [5, 5.41) is 12.2. The lowest BCUT2D eigenvalue weighted by Gasteiger charge is -2.26. The standard InChI is InChI=1S/C13H20Br2N5O5P/c1-10(21)3-4-11-12(18(2)13(17-11)20(22)23)9-25-26(16,24)19(7-5-14)8-6-15/h3-4H,5-9H2,1-2H3,(H2,16,24)/b4-3+. The number of aromatic nitrogens is 2. The zero-order valence-corrected chi connectivity index (χ0v) is 18.4. The molecule has 1 unspecified atom stereocenters. The molecule has 0 amide bonds. The number of nitrogens with two attached hydrogens (primary N) is 1. The van der Waals surface area contributed by atoms with Crippen LogP contribution in [0.25, 0.3) is 6.08 Å². The summed E-state index contributed by atoms with van der Waals surface area (Å²) in [6.07, 6.45) is 2.59. The van der Waals surface area contributed by atoms with Gasteiger partial charge in [-0.05, 0) is 24.0 Å². The molecule has 2 N–H and O–H groups in total. The Morgan fingerprint density at radius 1 is 1.46 bits per heavy atom. The number of carbonyl (C=O) groups is 1. The molecule has 26 heavy (non-hydrogen) atoms. The van der Waals surface area contributed by atoms with Gasteiger partial charge < -0.3 is 10.1 Å². The topological polar surface area (TPSA) is 134 Å². The highest BCUT2D eigenvalue weighted by atomic mass is 79.9. The van der Waals surface area contributed by atoms with Crippen LogP contribution in [0.1, 0.15) is 18.3 Å². The number of nitro groups is 1. The zero-order chi connectivity index (χ0) is 19.9. The molecule has 146 valence electrons. The SMILES string of the molecule is CC(=O)/C=C/c1nc([N+](=O)[O-])n(C)c1COP(N)(=O)N(CCBr)CCBr. The minimum atomic E-state index is -3.62. The van der Waals surface area contributed by atoms with E-state index in [9.17, 15) is 19.5 Å². The summed E-state index contributed by atoms with van der Waals surface area (Å²) in [6.45, 7) is 1.89. The van der Waals surface area contributed by atoms with Gasteiger partial charge in [0.15, 0.2) is 11.5 Å². The maximum absolute atomic E-state index is 12.7. The molecule has 1 aromatic heterocycles. The van der Waals surface area contributed by atoms with Gasteiger partial charge in [-0.1, -0.05) is 36.8 Å². The van der Waals surface area contributed by atoms with E-state index in [1.165, 1.54) is 35.4 Å². The third kappa shape index (κ3) is 6.36. The molecule has 0 aliphatic carbocycles. The highest BCUT2D eigenvalue weighted by molar-refractivity contribution is 9.09. The number of hydrogen-bond acceptors (Lipinski definition) is 6. The van der Waals surface area contributed by atoms with E-state index >= 15 is 0 Å². The number of imidazole rings is 1. The Morgan fingerprint density at radius 3 is 2.50 bits per heavy atom. The summed E-state index contributed by atoms with van der Waals surface area (Å²) in [4.78, 5) is 25.5. The van der Waals surface area contributed by atoms with Crippen molar-refractivity contribution in [2.24, 2.45) is 12.6 Å². The number of halogens is 2. The number of hydrogen-bond donors (Lipinski definition) is 1. The molecular weight excluding hydrogens is 497 g/mol. The third-order valence-electron chi connectivity index (χ3n) is 3.33. The van der Waals surface area contributed by atoms with Gasteiger partial charge >= 0.3 is 13.6 Å². The van der Waals surface area contributed by atoms with Crippen LogP contribution in [-0.4, -0.2) is 48.7 Å². The minimum Gasteiger partial charge on any atom is -0.390 e. The first-order valence-corrected chi connectivity index (χ1v) is 11.3. The predicted octanol–water partition coefficient (Wildman–Crippen LogP) is 2.61. The monoisotopic (exact) mass is 515 g/mol. The van der Waals surface area contributed by atoms with E-state index in [0.29, 0.717) is 23.7 Å². The minimum absolute atomic E-state index is 0.182. The Kier molecular flexibility index (Phi) is 9.28. The van der Waals surface area contributed by atoms with E-state index in [0.717, 1.165) is 0 Å². The summed E-state index contributed by atoms with van der Waals surface area (Å²) in [7, 11) is -2.19. The van der Waals surface area contributed by atoms with Crippen molar-refractivity contribution in [1.29, 1.82) is 0 Å². The molecule has 0 fully saturated rings. The molecule has 1 aromatic rings. The maximum atomic E-state index is 12.7. The van der Waals surface area contributed by atoms with Gasteiger partial charge in [0.25, 0.3) is 0 Å². The van der Waals surface area contributed by atoms with Crippen LogP contribution in [0.2, 0.25) is 0 Å². The Bertz CT molecular complexity index is 733. The van der Waals surface area contributed by atoms with E-state index in [1.807, 2.05) is 0 Å². The summed E-state index contributed by atoms with van der Waals surface area (Å²) in [5.74, 6) is -0.660. The van der Waals surface area contributed by atoms with Crippen LogP contribution in [-0.2, 0) is 27.5 Å². The smallest absolute Gasteiger partial charge is 0.390 e. The number of nitrogens with zero attached hydrogens (tertiary/aromatic N) is 4. The zero-order valence-electron chi connectivity index (χ0n) is 14.3. The van der Waals surface area contributed by atoms with Gasteiger partial charge in [0, 0.05) is 23.7 Å². The number of rotatable bonds is 11. The average molecular weight is 517 g/mol. The van der Waals surface area contributed by atoms with Gasteiger partial charge in [-0.15, -0.1) is 0 Å². The molecule has 0 saturated carbocycles. The van der Waals surface area contributed by atoms with E-state index in [-0.39, 0.29) is 23.8 Å². The fraction of sp³-hybridized carbons (Fsp3) is 0.538. The second kappa shape index (κ2) is 10.4. The highest BCUT2D eigenvalue weighted by Crippen LogP contribution is 2.43. The lowest BCUT2D eigenvalue weighted by molar-refractivity contribution is -0.396. The van der Waals surface area contributed by atoms with Crippen LogP contribution in [0.5, 0.6) is 0 Å². The first-order chi connectivity index (χ1) is 12.1. The van der Waals surface area contributed by atoms with E-state index in [4.69, 9.17) is 10.0 Å². The Balaban J connectivity index is 3.12. The first-order valence-electron chi connectivity index (χ1n) is 7.43. The number of alkyl halides is 2. The molecule has 0 aromatic carbocycles. The second-order valence-electron chi connectivity index (χ2n) is 5.17. The second-order valence-corrected chi connectivity index (χ2v) is 8.71. The normalized spacial score (nSPS) is 14.1. The lowest BCUT2D eigenvalue weighted by Crippen LogP contribution is -2.29. The van der Waals surface area contributed by atoms with E-state index in [2.05, 4.69) is 36.8 Å². The van der Waals surface area contributed by atoms with Gasteiger partial charge in [-0.3, -0.25) is 13.9 Å². The molecule has 10 nitrogen and oxygen atoms in total. The van der Waals surface area contributed by atoms with Gasteiger partial charge in [-0.2, -0.15) is 0 Å². The molecule has 0 aliphatic rings. The fourth-order valence-electron chi connectivity index (χ4n) is 2.02. The molecule has 0 spiro atoms. The van der Waals surface area contributed by atoms with Crippen molar-refractivity contribution >= 4 is 57.3 Å². The van der Waals surface area contributed by atoms with E-state index < -0.39 is 18.5 Å². The largest absolute Gasteiger partial charge is 0.435 e. The van der Waals surface area contributed by atoms with Crippen LogP contribution in [0.15, 0.2) is 6.08 Å². The number of allylic oxidation sites excluding steroid dienone is 1. The Morgan fingerprint density at radius 2 is 2.04 bits per heavy atom. The van der Waals surface area contributed by atoms with Crippen LogP contribution in [0.4, 0.5) is 5.95 Å². The molecule has 0 radical (unpaired) electrons. The van der Waals surface area contributed by atoms with Gasteiger partial charge in [0.1, 0.15) is 12.3 Å². The van der Waals surface area contributed by atoms with Crippen molar-refractivity contribution in [2.45, 2.75) is 13.5 Å². The number of ketones is 1. The van der Waals surface area contributed by atoms with Crippen molar-refractivity contribution in [3.63, 3.8) is 0 Å². The van der Waals surface area contributed by atoms with Gasteiger partial charge in [-0.25, -0.2) is 14.7 Å². The van der Waals surface area contributed by atoms with Crippen LogP contribution < -0.4 is 5.50 Å². The Hall–Kier alpha value is -0.910. The van der Waals surface area contributed by atoms with Crippen molar-refractivity contribution in [2.75, 3.05) is 23.7 Å². The summed E-state index contributed by atoms with van der Waals surface area (Å²) < 4.78 is 20.8. The summed E-state index contributed by atoms with van der Waals surface area (Å²) >= 11 is 6.53. The molecular formula is C13H20Br2N5O5P. The molecule has 1 atom stereocenters. The molecule has 13 heteroatoms. The van der Waals surface area contributed by atoms with Gasteiger partial charge in [0.05, 0.1) is 7.05 Å². The average Bonchev–Trinajstić information content (AvgIpc) is 2.87. The molecule has 1 rings (SSSR count). The summed E-state index contributed by atoms with van der Waals surface area (Å²) in [5.41, 5.74) is 6.32. The highest BCUT2D eigenvalue weighted by Gasteiger charge is 2.30. The predicted molar refractivity (Wildman–Crippen MR) is 105 cm³/mol. The molecule has 0 aliphatic heterocycles. The van der Waals surface area contributed by atoms with Gasteiger partial charge in [0.2, 0.25) is 0 Å². The molecule has 0 bridgehead atoms. The van der Waals surface area contributed by atoms with Crippen molar-refractivity contribution < 1.29 is 18.8 Å². The maximum Gasteiger partial charge on any atom is 0.435 e. The fourth-order valence-corrected chi connectivity index (χ4v) is 4.66. The van der Waals surface area contributed by atoms with Crippen LogP contribution in [0.3, 0.4) is 0 Å². The van der Waals surface area contributed by atoms with Crippen molar-refractivity contribution in [3.8, 4) is 0 Å². The van der Waals surface area contributed by atoms with Crippen molar-refractivity contribution in [1.82, 2.24) is 14.2 Å². The Labute approximate surface area is 167 Å². The van der Waals surface area contributed by atoms with Crippen LogP contribution >= 0.6 is 39.5 Å². The first kappa shape index (κ1) is 23.1. The summed E-state index contributed by atoms with van der Waals surface area (Å²) in [6, 6.07) is 0. The van der Waals surface area contributed by atoms with Crippen LogP contribution in [0, 0.1) is 10.1 Å². The molecule has 0 saturated heterocycles. The molecule has 1 heterocycles.